The Balaban J connectivity index is 1.34. The first-order chi connectivity index (χ1) is 28.6. The second kappa shape index (κ2) is 34.3. The third-order valence-corrected chi connectivity index (χ3v) is 11.7. The molecular formula is C48H82B2O8. The molecule has 1 heterocycles. The third-order valence-electron chi connectivity index (χ3n) is 11.7. The fraction of sp³-hybridized carbons (Fsp3) is 0.750. The van der Waals surface area contributed by atoms with Gasteiger partial charge in [0.2, 0.25) is 0 Å². The van der Waals surface area contributed by atoms with Gasteiger partial charge in [0.25, 0.3) is 0 Å². The molecule has 0 aromatic heterocycles. The highest BCUT2D eigenvalue weighted by Crippen LogP contribution is 2.22. The monoisotopic (exact) mass is 809 g/mol. The number of fused-ring (bicyclic) bond motifs is 4. The van der Waals surface area contributed by atoms with Crippen LogP contribution in [-0.4, -0.2) is 60.8 Å². The highest BCUT2D eigenvalue weighted by atomic mass is 16.5. The molecule has 4 N–H and O–H groups in total. The van der Waals surface area contributed by atoms with Gasteiger partial charge in [-0.3, -0.25) is 0 Å². The Morgan fingerprint density at radius 3 is 0.569 bits per heavy atom. The van der Waals surface area contributed by atoms with Crippen LogP contribution in [0.25, 0.3) is 0 Å². The van der Waals surface area contributed by atoms with E-state index < -0.39 is 14.2 Å². The summed E-state index contributed by atoms with van der Waals surface area (Å²) >= 11 is 0. The molecule has 0 spiro atoms. The Morgan fingerprint density at radius 2 is 0.414 bits per heavy atom. The van der Waals surface area contributed by atoms with E-state index >= 15 is 0 Å². The normalized spacial score (nSPS) is 19.5. The fourth-order valence-corrected chi connectivity index (χ4v) is 8.15. The van der Waals surface area contributed by atoms with Crippen LogP contribution in [0.15, 0.2) is 36.4 Å². The molecule has 0 unspecified atom stereocenters. The lowest BCUT2D eigenvalue weighted by Gasteiger charge is -2.16. The second-order valence-electron chi connectivity index (χ2n) is 16.8. The first-order valence-corrected chi connectivity index (χ1v) is 24.1. The third kappa shape index (κ3) is 23.4. The molecule has 0 atom stereocenters. The number of hydrogen-bond donors (Lipinski definition) is 4. The van der Waals surface area contributed by atoms with Crippen molar-refractivity contribution in [3.8, 4) is 23.0 Å². The van der Waals surface area contributed by atoms with Crippen molar-refractivity contribution >= 4 is 25.2 Å². The van der Waals surface area contributed by atoms with Crippen molar-refractivity contribution in [1.82, 2.24) is 0 Å². The Kier molecular flexibility index (Phi) is 29.6. The molecule has 0 aliphatic carbocycles. The fourth-order valence-electron chi connectivity index (χ4n) is 8.15. The maximum Gasteiger partial charge on any atom is 0.496 e. The minimum Gasteiger partial charge on any atom is -0.494 e. The van der Waals surface area contributed by atoms with Crippen molar-refractivity contribution in [1.29, 1.82) is 0 Å². The highest BCUT2D eigenvalue weighted by molar-refractivity contribution is 6.61. The lowest BCUT2D eigenvalue weighted by atomic mass is 9.78. The number of rotatable bonds is 2. The summed E-state index contributed by atoms with van der Waals surface area (Å²) in [4.78, 5) is 0. The van der Waals surface area contributed by atoms with Crippen molar-refractivity contribution in [2.24, 2.45) is 0 Å². The van der Waals surface area contributed by atoms with Gasteiger partial charge in [-0.25, -0.2) is 0 Å². The van der Waals surface area contributed by atoms with E-state index in [0.29, 0.717) is 60.4 Å². The van der Waals surface area contributed by atoms with Crippen molar-refractivity contribution in [2.45, 2.75) is 205 Å². The van der Waals surface area contributed by atoms with Crippen LogP contribution >= 0.6 is 0 Å². The van der Waals surface area contributed by atoms with Crippen molar-refractivity contribution < 1.29 is 39.0 Å². The summed E-state index contributed by atoms with van der Waals surface area (Å²) in [5, 5.41) is 40.5. The van der Waals surface area contributed by atoms with Gasteiger partial charge >= 0.3 is 14.2 Å². The van der Waals surface area contributed by atoms with Gasteiger partial charge in [0.05, 0.1) is 37.4 Å². The number of hydrogen-bond acceptors (Lipinski definition) is 8. The molecule has 0 saturated carbocycles. The van der Waals surface area contributed by atoms with Crippen LogP contribution in [0.5, 0.6) is 23.0 Å². The lowest BCUT2D eigenvalue weighted by Crippen LogP contribution is -2.33. The Morgan fingerprint density at radius 1 is 0.259 bits per heavy atom. The van der Waals surface area contributed by atoms with E-state index in [2.05, 4.69) is 0 Å². The van der Waals surface area contributed by atoms with Gasteiger partial charge in [-0.05, 0) is 49.9 Å². The molecule has 58 heavy (non-hydrogen) atoms. The van der Waals surface area contributed by atoms with E-state index in [9.17, 15) is 20.1 Å². The summed E-state index contributed by atoms with van der Waals surface area (Å²) < 4.78 is 24.1. The molecule has 0 saturated heterocycles. The Hall–Kier alpha value is -2.39. The van der Waals surface area contributed by atoms with Crippen molar-refractivity contribution in [2.75, 3.05) is 26.4 Å². The summed E-state index contributed by atoms with van der Waals surface area (Å²) in [7, 11) is -3.25. The van der Waals surface area contributed by atoms with Gasteiger partial charge in [-0.15, -0.1) is 0 Å². The second-order valence-corrected chi connectivity index (χ2v) is 16.8. The maximum atomic E-state index is 10.1. The summed E-state index contributed by atoms with van der Waals surface area (Å²) in [6.45, 7) is 2.28. The number of benzene rings is 2. The molecule has 328 valence electrons. The first-order valence-electron chi connectivity index (χ1n) is 24.1. The van der Waals surface area contributed by atoms with Crippen LogP contribution < -0.4 is 29.9 Å². The molecule has 3 rings (SSSR count). The van der Waals surface area contributed by atoms with Crippen LogP contribution in [0.1, 0.15) is 205 Å². The largest absolute Gasteiger partial charge is 0.496 e. The topological polar surface area (TPSA) is 118 Å². The zero-order valence-electron chi connectivity index (χ0n) is 36.5. The van der Waals surface area contributed by atoms with Gasteiger partial charge in [0.1, 0.15) is 23.0 Å². The standard InChI is InChI=1S/C48H82B2O8/c51-49(52)47-43-35-33-37-45(47)57-41-31-27-23-19-15-11-7-3-4-8-12-16-20-24-28-32-42-58-46-38-34-36-44(48(46)50(53)54)56-40-30-26-22-18-14-10-6-2-1-5-9-13-17-21-25-29-39-55-43/h33-38,51-54H,1-32,39-42H2. The zero-order valence-corrected chi connectivity index (χ0v) is 36.5. The van der Waals surface area contributed by atoms with Crippen molar-refractivity contribution in [3.63, 3.8) is 0 Å². The van der Waals surface area contributed by atoms with E-state index in [1.165, 1.54) is 154 Å². The van der Waals surface area contributed by atoms with Gasteiger partial charge in [0, 0.05) is 0 Å². The van der Waals surface area contributed by atoms with E-state index in [4.69, 9.17) is 18.9 Å². The predicted octanol–water partition coefficient (Wildman–Crippen LogP) is 10.8. The summed E-state index contributed by atoms with van der Waals surface area (Å²) in [5.74, 6) is 2.05. The molecule has 2 aromatic carbocycles. The van der Waals surface area contributed by atoms with Gasteiger partial charge in [-0.1, -0.05) is 192 Å². The van der Waals surface area contributed by atoms with E-state index in [1.807, 2.05) is 36.4 Å². The Labute approximate surface area is 354 Å². The van der Waals surface area contributed by atoms with Crippen molar-refractivity contribution in [3.05, 3.63) is 36.4 Å². The first kappa shape index (κ1) is 50.0. The molecule has 0 radical (unpaired) electrons. The maximum absolute atomic E-state index is 10.1. The molecule has 1 aliphatic heterocycles. The average molecular weight is 809 g/mol. The SMILES string of the molecule is OB(O)c1c2cccc1OCCCCCCCCCCCCCCCCCCOc1cccc(c1B(O)O)OCCCCCCCCCCCCCCCCCCO2. The van der Waals surface area contributed by atoms with E-state index in [0.717, 1.165) is 51.4 Å². The molecule has 8 nitrogen and oxygen atoms in total. The van der Waals surface area contributed by atoms with E-state index in [1.54, 1.807) is 0 Å². The summed E-state index contributed by atoms with van der Waals surface area (Å²) in [6, 6.07) is 11.0. The van der Waals surface area contributed by atoms with Crippen LogP contribution in [0.4, 0.5) is 0 Å². The molecule has 4 bridgehead atoms. The number of ether oxygens (including phenoxy) is 4. The zero-order chi connectivity index (χ0) is 41.1. The van der Waals surface area contributed by atoms with Crippen LogP contribution in [-0.2, 0) is 0 Å². The quantitative estimate of drug-likeness (QED) is 0.222. The summed E-state index contributed by atoms with van der Waals surface area (Å²) in [6.07, 6.45) is 39.4. The molecule has 0 fully saturated rings. The Bertz CT molecular complexity index is 1090. The smallest absolute Gasteiger partial charge is 0.494 e. The van der Waals surface area contributed by atoms with Crippen LogP contribution in [0.2, 0.25) is 0 Å². The van der Waals surface area contributed by atoms with Gasteiger partial charge in [-0.2, -0.15) is 0 Å². The van der Waals surface area contributed by atoms with Crippen LogP contribution in [0.3, 0.4) is 0 Å². The minimum atomic E-state index is -1.62. The highest BCUT2D eigenvalue weighted by Gasteiger charge is 2.24. The van der Waals surface area contributed by atoms with Crippen LogP contribution in [0, 0.1) is 0 Å². The van der Waals surface area contributed by atoms with Gasteiger partial charge in [0.15, 0.2) is 0 Å². The lowest BCUT2D eigenvalue weighted by molar-refractivity contribution is 0.290. The minimum absolute atomic E-state index is 0.342. The average Bonchev–Trinajstić information content (AvgIpc) is 3.21. The van der Waals surface area contributed by atoms with Gasteiger partial charge < -0.3 is 39.0 Å². The predicted molar refractivity (Wildman–Crippen MR) is 242 cm³/mol. The molecular weight excluding hydrogens is 726 g/mol. The molecule has 1 aliphatic rings. The summed E-state index contributed by atoms with van der Waals surface area (Å²) in [5.41, 5.74) is 0.685. The molecule has 0 amide bonds. The molecule has 2 aromatic rings. The van der Waals surface area contributed by atoms with E-state index in [-0.39, 0.29) is 0 Å². The molecule has 10 heteroatoms.